The van der Waals surface area contributed by atoms with Crippen molar-refractivity contribution >= 4 is 21.8 Å². The van der Waals surface area contributed by atoms with Crippen LogP contribution in [0.1, 0.15) is 26.7 Å². The molecule has 14 heavy (non-hydrogen) atoms. The molecule has 6 heteroatoms. The van der Waals surface area contributed by atoms with Crippen molar-refractivity contribution in [3.05, 3.63) is 0 Å². The zero-order valence-electron chi connectivity index (χ0n) is 8.53. The minimum absolute atomic E-state index is 0.0306. The number of hydrogen-bond acceptors (Lipinski definition) is 2. The second-order valence-electron chi connectivity index (χ2n) is 3.47. The molecule has 0 amide bonds. The van der Waals surface area contributed by atoms with Gasteiger partial charge < -0.3 is 0 Å². The fourth-order valence-electron chi connectivity index (χ4n) is 1.49. The molecule has 0 unspecified atom stereocenters. The Hall–Kier alpha value is 0.160. The van der Waals surface area contributed by atoms with E-state index in [1.807, 2.05) is 13.8 Å². The number of hydrogen-bond donors (Lipinski definition) is 1. The Morgan fingerprint density at radius 2 is 1.86 bits per heavy atom. The molecule has 0 aromatic carbocycles. The first-order valence-corrected chi connectivity index (χ1v) is 6.78. The summed E-state index contributed by atoms with van der Waals surface area (Å²) in [7, 11) is -3.28. The Labute approximate surface area is 90.8 Å². The molecule has 1 N–H and O–H groups in total. The van der Waals surface area contributed by atoms with Gasteiger partial charge in [0.2, 0.25) is 0 Å². The molecule has 0 bridgehead atoms. The first-order chi connectivity index (χ1) is 6.49. The lowest BCUT2D eigenvalue weighted by molar-refractivity contribution is 0.366. The molecule has 0 aromatic rings. The van der Waals surface area contributed by atoms with Gasteiger partial charge in [0.15, 0.2) is 0 Å². The summed E-state index contributed by atoms with van der Waals surface area (Å²) in [6.07, 6.45) is 1.48. The van der Waals surface area contributed by atoms with E-state index in [0.717, 1.165) is 12.8 Å². The predicted molar refractivity (Wildman–Crippen MR) is 57.6 cm³/mol. The summed E-state index contributed by atoms with van der Waals surface area (Å²) in [5.41, 5.74) is 0. The van der Waals surface area contributed by atoms with Crippen LogP contribution in [0, 0.1) is 0 Å². The minimum atomic E-state index is -3.28. The maximum Gasteiger partial charge on any atom is 0.279 e. The average Bonchev–Trinajstić information content (AvgIpc) is 2.02. The van der Waals surface area contributed by atoms with Crippen molar-refractivity contribution < 1.29 is 8.42 Å². The first kappa shape index (κ1) is 12.2. The zero-order valence-corrected chi connectivity index (χ0v) is 10.1. The van der Waals surface area contributed by atoms with Crippen LogP contribution in [0.25, 0.3) is 0 Å². The molecule has 0 atom stereocenters. The first-order valence-electron chi connectivity index (χ1n) is 4.91. The fourth-order valence-corrected chi connectivity index (χ4v) is 3.37. The van der Waals surface area contributed by atoms with Crippen molar-refractivity contribution in [1.82, 2.24) is 9.03 Å². The molecule has 1 saturated carbocycles. The van der Waals surface area contributed by atoms with E-state index in [1.54, 1.807) is 0 Å². The summed E-state index contributed by atoms with van der Waals surface area (Å²) in [6, 6.07) is 0.0306. The third-order valence-corrected chi connectivity index (χ3v) is 4.63. The molecule has 1 fully saturated rings. The van der Waals surface area contributed by atoms with Crippen LogP contribution in [0.2, 0.25) is 0 Å². The van der Waals surface area contributed by atoms with Crippen LogP contribution in [0.5, 0.6) is 0 Å². The smallest absolute Gasteiger partial charge is 0.199 e. The molecular formula is C8H17ClN2O2S. The van der Waals surface area contributed by atoms with Gasteiger partial charge >= 0.3 is 0 Å². The van der Waals surface area contributed by atoms with Crippen LogP contribution in [-0.4, -0.2) is 37.2 Å². The SMILES string of the molecule is CCN(CC)S(=O)(=O)NC1CC(Cl)C1. The van der Waals surface area contributed by atoms with Crippen molar-refractivity contribution in [2.24, 2.45) is 0 Å². The third-order valence-electron chi connectivity index (χ3n) is 2.44. The molecule has 0 heterocycles. The van der Waals surface area contributed by atoms with Crippen LogP contribution in [0.3, 0.4) is 0 Å². The second-order valence-corrected chi connectivity index (χ2v) is 5.79. The lowest BCUT2D eigenvalue weighted by Crippen LogP contribution is -2.50. The Kier molecular flexibility index (Phi) is 4.18. The highest BCUT2D eigenvalue weighted by Crippen LogP contribution is 2.26. The van der Waals surface area contributed by atoms with Gasteiger partial charge in [-0.15, -0.1) is 11.6 Å². The van der Waals surface area contributed by atoms with E-state index < -0.39 is 10.2 Å². The highest BCUT2D eigenvalue weighted by molar-refractivity contribution is 7.87. The van der Waals surface area contributed by atoms with E-state index >= 15 is 0 Å². The zero-order chi connectivity index (χ0) is 10.8. The average molecular weight is 241 g/mol. The number of nitrogens with one attached hydrogen (secondary N) is 1. The Morgan fingerprint density at radius 3 is 2.21 bits per heavy atom. The number of halogens is 1. The molecule has 1 aliphatic rings. The van der Waals surface area contributed by atoms with E-state index in [4.69, 9.17) is 11.6 Å². The summed E-state index contributed by atoms with van der Waals surface area (Å²) >= 11 is 5.77. The molecule has 0 radical (unpaired) electrons. The summed E-state index contributed by atoms with van der Waals surface area (Å²) in [4.78, 5) is 0. The van der Waals surface area contributed by atoms with Crippen molar-refractivity contribution in [2.45, 2.75) is 38.1 Å². The monoisotopic (exact) mass is 240 g/mol. The van der Waals surface area contributed by atoms with E-state index in [2.05, 4.69) is 4.72 Å². The number of nitrogens with zero attached hydrogens (tertiary/aromatic N) is 1. The van der Waals surface area contributed by atoms with Gasteiger partial charge in [-0.25, -0.2) is 0 Å². The van der Waals surface area contributed by atoms with Crippen LogP contribution >= 0.6 is 11.6 Å². The van der Waals surface area contributed by atoms with Gasteiger partial charge in [-0.3, -0.25) is 0 Å². The topological polar surface area (TPSA) is 49.4 Å². The van der Waals surface area contributed by atoms with Crippen LogP contribution < -0.4 is 4.72 Å². The molecular weight excluding hydrogens is 224 g/mol. The Morgan fingerprint density at radius 1 is 1.36 bits per heavy atom. The van der Waals surface area contributed by atoms with Gasteiger partial charge in [0, 0.05) is 24.5 Å². The molecule has 1 aliphatic carbocycles. The van der Waals surface area contributed by atoms with Crippen molar-refractivity contribution in [2.75, 3.05) is 13.1 Å². The number of rotatable bonds is 5. The van der Waals surface area contributed by atoms with Crippen LogP contribution in [-0.2, 0) is 10.2 Å². The lowest BCUT2D eigenvalue weighted by Gasteiger charge is -2.33. The Bertz CT molecular complexity index is 271. The molecule has 84 valence electrons. The van der Waals surface area contributed by atoms with Crippen molar-refractivity contribution in [3.8, 4) is 0 Å². The summed E-state index contributed by atoms with van der Waals surface area (Å²) in [5, 5.41) is 0.138. The minimum Gasteiger partial charge on any atom is -0.199 e. The van der Waals surface area contributed by atoms with E-state index in [-0.39, 0.29) is 11.4 Å². The molecule has 1 rings (SSSR count). The third kappa shape index (κ3) is 2.82. The normalized spacial score (nSPS) is 27.7. The maximum absolute atomic E-state index is 11.7. The van der Waals surface area contributed by atoms with E-state index in [1.165, 1.54) is 4.31 Å². The quantitative estimate of drug-likeness (QED) is 0.727. The van der Waals surface area contributed by atoms with Crippen molar-refractivity contribution in [3.63, 3.8) is 0 Å². The molecule has 0 aliphatic heterocycles. The van der Waals surface area contributed by atoms with Gasteiger partial charge in [0.1, 0.15) is 0 Å². The van der Waals surface area contributed by atoms with Gasteiger partial charge in [0.25, 0.3) is 10.2 Å². The highest BCUT2D eigenvalue weighted by atomic mass is 35.5. The second kappa shape index (κ2) is 4.79. The van der Waals surface area contributed by atoms with E-state index in [0.29, 0.717) is 13.1 Å². The summed E-state index contributed by atoms with van der Waals surface area (Å²) < 4.78 is 27.4. The summed E-state index contributed by atoms with van der Waals surface area (Å²) in [6.45, 7) is 4.66. The van der Waals surface area contributed by atoms with Crippen molar-refractivity contribution in [1.29, 1.82) is 0 Å². The van der Waals surface area contributed by atoms with Gasteiger partial charge in [-0.2, -0.15) is 17.4 Å². The van der Waals surface area contributed by atoms with Gasteiger partial charge in [-0.1, -0.05) is 13.8 Å². The highest BCUT2D eigenvalue weighted by Gasteiger charge is 2.32. The summed E-state index contributed by atoms with van der Waals surface area (Å²) in [5.74, 6) is 0. The molecule has 4 nitrogen and oxygen atoms in total. The standard InChI is InChI=1S/C8H17ClN2O2S/c1-3-11(4-2)14(12,13)10-8-5-7(9)6-8/h7-8,10H,3-6H2,1-2H3. The molecule has 0 aromatic heterocycles. The maximum atomic E-state index is 11.7. The Balaban J connectivity index is 2.49. The van der Waals surface area contributed by atoms with Crippen LogP contribution in [0.15, 0.2) is 0 Å². The van der Waals surface area contributed by atoms with Gasteiger partial charge in [0.05, 0.1) is 0 Å². The lowest BCUT2D eigenvalue weighted by atomic mass is 9.94. The van der Waals surface area contributed by atoms with E-state index in [9.17, 15) is 8.42 Å². The largest absolute Gasteiger partial charge is 0.279 e. The molecule has 0 saturated heterocycles. The van der Waals surface area contributed by atoms with Crippen LogP contribution in [0.4, 0.5) is 0 Å². The fraction of sp³-hybridized carbons (Fsp3) is 1.00. The molecule has 0 spiro atoms. The van der Waals surface area contributed by atoms with Gasteiger partial charge in [-0.05, 0) is 12.8 Å². The number of alkyl halides is 1. The predicted octanol–water partition coefficient (Wildman–Crippen LogP) is 0.932.